The lowest BCUT2D eigenvalue weighted by atomic mass is 10.0. The van der Waals surface area contributed by atoms with Crippen molar-refractivity contribution in [2.24, 2.45) is 5.92 Å². The van der Waals surface area contributed by atoms with Crippen molar-refractivity contribution in [3.8, 4) is 0 Å². The van der Waals surface area contributed by atoms with Crippen molar-refractivity contribution in [2.45, 2.75) is 32.8 Å². The first-order valence-corrected chi connectivity index (χ1v) is 7.07. The topological polar surface area (TPSA) is 38.7 Å². The van der Waals surface area contributed by atoms with E-state index in [1.165, 1.54) is 11.1 Å². The van der Waals surface area contributed by atoms with Crippen LogP contribution in [0.2, 0.25) is 0 Å². The van der Waals surface area contributed by atoms with Crippen LogP contribution in [0.4, 0.5) is 0 Å². The molecule has 2 rings (SSSR count). The molecule has 0 amide bonds. The molecule has 1 heterocycles. The van der Waals surface area contributed by atoms with Gasteiger partial charge >= 0.3 is 0 Å². The van der Waals surface area contributed by atoms with Gasteiger partial charge < -0.3 is 14.6 Å². The van der Waals surface area contributed by atoms with Crippen molar-refractivity contribution in [1.29, 1.82) is 0 Å². The number of hydrogen-bond donors (Lipinski definition) is 1. The molecule has 0 spiro atoms. The maximum Gasteiger partial charge on any atom is 0.102 e. The SMILES string of the molecule is Cc1cc(C)cc(C(O)COCC2CCOCC2)c1. The van der Waals surface area contributed by atoms with Gasteiger partial charge in [0.25, 0.3) is 0 Å². The zero-order valence-corrected chi connectivity index (χ0v) is 11.9. The van der Waals surface area contributed by atoms with E-state index in [0.29, 0.717) is 12.5 Å². The average molecular weight is 264 g/mol. The van der Waals surface area contributed by atoms with Gasteiger partial charge in [0, 0.05) is 19.8 Å². The number of rotatable bonds is 5. The number of benzene rings is 1. The molecule has 0 aliphatic carbocycles. The molecule has 0 saturated carbocycles. The Morgan fingerprint density at radius 3 is 2.47 bits per heavy atom. The molecule has 0 bridgehead atoms. The quantitative estimate of drug-likeness (QED) is 0.888. The summed E-state index contributed by atoms with van der Waals surface area (Å²) in [5, 5.41) is 10.1. The van der Waals surface area contributed by atoms with E-state index in [1.54, 1.807) is 0 Å². The number of hydrogen-bond acceptors (Lipinski definition) is 3. The molecule has 1 fully saturated rings. The van der Waals surface area contributed by atoms with E-state index in [1.807, 2.05) is 26.0 Å². The predicted octanol–water partition coefficient (Wildman–Crippen LogP) is 2.78. The van der Waals surface area contributed by atoms with Crippen LogP contribution in [0.25, 0.3) is 0 Å². The summed E-state index contributed by atoms with van der Waals surface area (Å²) in [5.41, 5.74) is 3.31. The van der Waals surface area contributed by atoms with Crippen molar-refractivity contribution in [3.63, 3.8) is 0 Å². The Labute approximate surface area is 115 Å². The smallest absolute Gasteiger partial charge is 0.102 e. The van der Waals surface area contributed by atoms with Crippen molar-refractivity contribution < 1.29 is 14.6 Å². The molecule has 3 heteroatoms. The first-order valence-electron chi connectivity index (χ1n) is 7.07. The first kappa shape index (κ1) is 14.5. The molecule has 1 atom stereocenters. The molecule has 1 saturated heterocycles. The van der Waals surface area contributed by atoms with E-state index in [0.717, 1.165) is 38.2 Å². The first-order chi connectivity index (χ1) is 9.15. The van der Waals surface area contributed by atoms with Gasteiger partial charge in [-0.2, -0.15) is 0 Å². The molecule has 1 unspecified atom stereocenters. The van der Waals surface area contributed by atoms with Gasteiger partial charge in [-0.25, -0.2) is 0 Å². The molecular formula is C16H24O3. The third-order valence-corrected chi connectivity index (χ3v) is 3.60. The molecule has 1 aromatic rings. The highest BCUT2D eigenvalue weighted by Crippen LogP contribution is 2.19. The second-order valence-corrected chi connectivity index (χ2v) is 5.53. The Morgan fingerprint density at radius 2 is 1.84 bits per heavy atom. The van der Waals surface area contributed by atoms with Crippen LogP contribution in [0.15, 0.2) is 18.2 Å². The third-order valence-electron chi connectivity index (χ3n) is 3.60. The van der Waals surface area contributed by atoms with Crippen LogP contribution in [0.5, 0.6) is 0 Å². The largest absolute Gasteiger partial charge is 0.386 e. The number of aryl methyl sites for hydroxylation is 2. The summed E-state index contributed by atoms with van der Waals surface area (Å²) in [7, 11) is 0. The Kier molecular flexibility index (Phi) is 5.37. The van der Waals surface area contributed by atoms with Crippen LogP contribution in [0.1, 0.15) is 35.6 Å². The van der Waals surface area contributed by atoms with Gasteiger partial charge in [0.2, 0.25) is 0 Å². The number of aliphatic hydroxyl groups is 1. The normalized spacial score (nSPS) is 18.5. The Balaban J connectivity index is 1.78. The summed E-state index contributed by atoms with van der Waals surface area (Å²) in [6.07, 6.45) is 1.61. The highest BCUT2D eigenvalue weighted by molar-refractivity contribution is 5.29. The number of aliphatic hydroxyl groups excluding tert-OH is 1. The van der Waals surface area contributed by atoms with Gasteiger partial charge in [0.1, 0.15) is 6.10 Å². The molecule has 19 heavy (non-hydrogen) atoms. The van der Waals surface area contributed by atoms with Gasteiger partial charge in [-0.05, 0) is 38.2 Å². The van der Waals surface area contributed by atoms with Crippen LogP contribution in [0.3, 0.4) is 0 Å². The summed E-state index contributed by atoms with van der Waals surface area (Å²) in [6, 6.07) is 6.16. The maximum absolute atomic E-state index is 10.1. The number of ether oxygens (including phenoxy) is 2. The maximum atomic E-state index is 10.1. The molecule has 1 aromatic carbocycles. The van der Waals surface area contributed by atoms with Crippen molar-refractivity contribution in [3.05, 3.63) is 34.9 Å². The summed E-state index contributed by atoms with van der Waals surface area (Å²) >= 11 is 0. The zero-order valence-electron chi connectivity index (χ0n) is 11.9. The fourth-order valence-corrected chi connectivity index (χ4v) is 2.56. The molecule has 0 radical (unpaired) electrons. The minimum atomic E-state index is -0.529. The molecule has 106 valence electrons. The average Bonchev–Trinajstić information content (AvgIpc) is 2.38. The van der Waals surface area contributed by atoms with E-state index in [4.69, 9.17) is 9.47 Å². The van der Waals surface area contributed by atoms with Crippen LogP contribution in [0, 0.1) is 19.8 Å². The van der Waals surface area contributed by atoms with Crippen molar-refractivity contribution in [2.75, 3.05) is 26.4 Å². The second kappa shape index (κ2) is 7.04. The zero-order chi connectivity index (χ0) is 13.7. The Hall–Kier alpha value is -0.900. The highest BCUT2D eigenvalue weighted by atomic mass is 16.5. The molecule has 1 aliphatic heterocycles. The Morgan fingerprint density at radius 1 is 1.21 bits per heavy atom. The monoisotopic (exact) mass is 264 g/mol. The van der Waals surface area contributed by atoms with E-state index in [2.05, 4.69) is 6.07 Å². The fraction of sp³-hybridized carbons (Fsp3) is 0.625. The Bertz CT molecular complexity index is 377. The molecule has 1 N–H and O–H groups in total. The lowest BCUT2D eigenvalue weighted by Crippen LogP contribution is -2.21. The van der Waals surface area contributed by atoms with Gasteiger partial charge in [0.15, 0.2) is 0 Å². The molecule has 3 nitrogen and oxygen atoms in total. The minimum Gasteiger partial charge on any atom is -0.386 e. The lowest BCUT2D eigenvalue weighted by Gasteiger charge is -2.22. The summed E-state index contributed by atoms with van der Waals surface area (Å²) in [5.74, 6) is 0.584. The van der Waals surface area contributed by atoms with E-state index < -0.39 is 6.10 Å². The summed E-state index contributed by atoms with van der Waals surface area (Å²) in [4.78, 5) is 0. The predicted molar refractivity (Wildman–Crippen MR) is 75.2 cm³/mol. The van der Waals surface area contributed by atoms with Crippen molar-refractivity contribution in [1.82, 2.24) is 0 Å². The van der Waals surface area contributed by atoms with Gasteiger partial charge in [-0.3, -0.25) is 0 Å². The van der Waals surface area contributed by atoms with Crippen LogP contribution >= 0.6 is 0 Å². The third kappa shape index (κ3) is 4.60. The van der Waals surface area contributed by atoms with Crippen molar-refractivity contribution >= 4 is 0 Å². The van der Waals surface area contributed by atoms with Gasteiger partial charge in [-0.15, -0.1) is 0 Å². The molecular weight excluding hydrogens is 240 g/mol. The van der Waals surface area contributed by atoms with Crippen LogP contribution in [-0.2, 0) is 9.47 Å². The van der Waals surface area contributed by atoms with E-state index in [-0.39, 0.29) is 0 Å². The summed E-state index contributed by atoms with van der Waals surface area (Å²) in [6.45, 7) is 6.88. The molecule has 0 aromatic heterocycles. The highest BCUT2D eigenvalue weighted by Gasteiger charge is 2.15. The van der Waals surface area contributed by atoms with E-state index in [9.17, 15) is 5.11 Å². The van der Waals surface area contributed by atoms with Crippen LogP contribution in [-0.4, -0.2) is 31.5 Å². The standard InChI is InChI=1S/C16H24O3/c1-12-7-13(2)9-15(8-12)16(17)11-19-10-14-3-5-18-6-4-14/h7-9,14,16-17H,3-6,10-11H2,1-2H3. The molecule has 1 aliphatic rings. The fourth-order valence-electron chi connectivity index (χ4n) is 2.56. The second-order valence-electron chi connectivity index (χ2n) is 5.53. The minimum absolute atomic E-state index is 0.375. The summed E-state index contributed by atoms with van der Waals surface area (Å²) < 4.78 is 11.0. The van der Waals surface area contributed by atoms with Crippen LogP contribution < -0.4 is 0 Å². The van der Waals surface area contributed by atoms with Gasteiger partial charge in [0.05, 0.1) is 6.61 Å². The lowest BCUT2D eigenvalue weighted by molar-refractivity contribution is -0.00968. The van der Waals surface area contributed by atoms with E-state index >= 15 is 0 Å². The van der Waals surface area contributed by atoms with Gasteiger partial charge in [-0.1, -0.05) is 29.3 Å².